The number of thioether (sulfide) groups is 1. The Kier molecular flexibility index (Phi) is 4.07. The van der Waals surface area contributed by atoms with Crippen molar-refractivity contribution in [2.45, 2.75) is 10.3 Å². The molecule has 25 heavy (non-hydrogen) atoms. The summed E-state index contributed by atoms with van der Waals surface area (Å²) in [6, 6.07) is 22.8. The van der Waals surface area contributed by atoms with E-state index in [-0.39, 0.29) is 11.3 Å². The predicted molar refractivity (Wildman–Crippen MR) is 99.9 cm³/mol. The number of nitrogen functional groups attached to an aromatic ring is 1. The van der Waals surface area contributed by atoms with Crippen LogP contribution in [0.3, 0.4) is 0 Å². The molecule has 1 unspecified atom stereocenters. The Bertz CT molecular complexity index is 911. The van der Waals surface area contributed by atoms with E-state index in [0.717, 1.165) is 22.0 Å². The lowest BCUT2D eigenvalue weighted by Crippen LogP contribution is -2.30. The van der Waals surface area contributed by atoms with Gasteiger partial charge in [-0.25, -0.2) is 0 Å². The van der Waals surface area contributed by atoms with E-state index in [2.05, 4.69) is 5.32 Å². The Balaban J connectivity index is 1.53. The van der Waals surface area contributed by atoms with E-state index >= 15 is 0 Å². The lowest BCUT2D eigenvalue weighted by Gasteiger charge is -2.25. The van der Waals surface area contributed by atoms with Gasteiger partial charge in [-0.15, -0.1) is 0 Å². The van der Waals surface area contributed by atoms with E-state index in [0.29, 0.717) is 11.3 Å². The second kappa shape index (κ2) is 6.53. The summed E-state index contributed by atoms with van der Waals surface area (Å²) in [5, 5.41) is 2.88. The molecule has 0 aliphatic carbocycles. The molecule has 1 atom stereocenters. The first-order chi connectivity index (χ1) is 12.2. The van der Waals surface area contributed by atoms with E-state index in [1.165, 1.54) is 0 Å². The first kappa shape index (κ1) is 15.6. The highest BCUT2D eigenvalue weighted by molar-refractivity contribution is 7.99. The summed E-state index contributed by atoms with van der Waals surface area (Å²) in [5.41, 5.74) is 8.00. The van der Waals surface area contributed by atoms with Gasteiger partial charge in [0.25, 0.3) is 5.91 Å². The number of anilines is 1. The maximum Gasteiger partial charge on any atom is 0.253 e. The van der Waals surface area contributed by atoms with Gasteiger partial charge in [0.15, 0.2) is 0 Å². The standard InChI is InChI=1S/C20H16N2O2S/c21-14-8-11-18-17(12-14)19(23)22-20(25-18)13-6-9-16(10-7-13)24-15-4-2-1-3-5-15/h1-12,20H,21H2,(H,22,23). The van der Waals surface area contributed by atoms with Crippen LogP contribution in [0.5, 0.6) is 11.5 Å². The molecule has 3 aromatic rings. The second-order valence-corrected chi connectivity index (χ2v) is 6.86. The number of carbonyl (C=O) groups excluding carboxylic acids is 1. The molecule has 1 aliphatic heterocycles. The van der Waals surface area contributed by atoms with Gasteiger partial charge in [-0.1, -0.05) is 42.1 Å². The van der Waals surface area contributed by atoms with Crippen LogP contribution in [0, 0.1) is 0 Å². The van der Waals surface area contributed by atoms with Crippen molar-refractivity contribution >= 4 is 23.4 Å². The van der Waals surface area contributed by atoms with Crippen molar-refractivity contribution in [1.29, 1.82) is 0 Å². The molecule has 1 heterocycles. The first-order valence-corrected chi connectivity index (χ1v) is 8.77. The maximum absolute atomic E-state index is 12.3. The summed E-state index contributed by atoms with van der Waals surface area (Å²) in [7, 11) is 0. The average Bonchev–Trinajstić information content (AvgIpc) is 2.64. The summed E-state index contributed by atoms with van der Waals surface area (Å²) in [6.07, 6.45) is 0. The minimum atomic E-state index is -0.130. The normalized spacial score (nSPS) is 16.0. The third-order valence-corrected chi connectivity index (χ3v) is 5.15. The Morgan fingerprint density at radius 2 is 1.64 bits per heavy atom. The zero-order chi connectivity index (χ0) is 17.2. The molecule has 0 spiro atoms. The van der Waals surface area contributed by atoms with Crippen LogP contribution in [0.2, 0.25) is 0 Å². The quantitative estimate of drug-likeness (QED) is 0.679. The van der Waals surface area contributed by atoms with Gasteiger partial charge in [-0.05, 0) is 48.0 Å². The summed E-state index contributed by atoms with van der Waals surface area (Å²) < 4.78 is 5.80. The zero-order valence-corrected chi connectivity index (χ0v) is 14.1. The molecule has 5 heteroatoms. The first-order valence-electron chi connectivity index (χ1n) is 7.89. The monoisotopic (exact) mass is 348 g/mol. The minimum Gasteiger partial charge on any atom is -0.457 e. The van der Waals surface area contributed by atoms with Crippen molar-refractivity contribution in [3.63, 3.8) is 0 Å². The fourth-order valence-corrected chi connectivity index (χ4v) is 3.81. The molecular formula is C20H16N2O2S. The van der Waals surface area contributed by atoms with Gasteiger partial charge in [-0.3, -0.25) is 4.79 Å². The van der Waals surface area contributed by atoms with E-state index < -0.39 is 0 Å². The van der Waals surface area contributed by atoms with Crippen LogP contribution in [0.25, 0.3) is 0 Å². The third-order valence-electron chi connectivity index (χ3n) is 3.92. The number of nitrogens with one attached hydrogen (secondary N) is 1. The minimum absolute atomic E-state index is 0.101. The highest BCUT2D eigenvalue weighted by atomic mass is 32.2. The van der Waals surface area contributed by atoms with E-state index in [1.54, 1.807) is 17.8 Å². The molecule has 0 saturated heterocycles. The van der Waals surface area contributed by atoms with Crippen LogP contribution in [-0.2, 0) is 0 Å². The van der Waals surface area contributed by atoms with Crippen LogP contribution in [0.1, 0.15) is 21.3 Å². The smallest absolute Gasteiger partial charge is 0.253 e. The van der Waals surface area contributed by atoms with Gasteiger partial charge in [0.1, 0.15) is 16.9 Å². The molecule has 0 radical (unpaired) electrons. The number of benzene rings is 3. The molecule has 3 aromatic carbocycles. The van der Waals surface area contributed by atoms with E-state index in [9.17, 15) is 4.79 Å². The summed E-state index contributed by atoms with van der Waals surface area (Å²) in [6.45, 7) is 0. The number of carbonyl (C=O) groups is 1. The van der Waals surface area contributed by atoms with Crippen molar-refractivity contribution < 1.29 is 9.53 Å². The highest BCUT2D eigenvalue weighted by Gasteiger charge is 2.26. The van der Waals surface area contributed by atoms with Gasteiger partial charge < -0.3 is 15.8 Å². The predicted octanol–water partition coefficient (Wildman–Crippen LogP) is 4.60. The van der Waals surface area contributed by atoms with Crippen LogP contribution in [-0.4, -0.2) is 5.91 Å². The molecule has 124 valence electrons. The SMILES string of the molecule is Nc1ccc2c(c1)C(=O)NC(c1ccc(Oc3ccccc3)cc1)S2. The van der Waals surface area contributed by atoms with Crippen molar-refractivity contribution in [1.82, 2.24) is 5.32 Å². The van der Waals surface area contributed by atoms with Crippen LogP contribution in [0.4, 0.5) is 5.69 Å². The van der Waals surface area contributed by atoms with Gasteiger partial charge >= 0.3 is 0 Å². The number of amides is 1. The van der Waals surface area contributed by atoms with Crippen molar-refractivity contribution in [2.75, 3.05) is 5.73 Å². The molecule has 4 nitrogen and oxygen atoms in total. The number of ether oxygens (including phenoxy) is 1. The van der Waals surface area contributed by atoms with Crippen molar-refractivity contribution in [2.24, 2.45) is 0 Å². The number of hydrogen-bond donors (Lipinski definition) is 2. The second-order valence-electron chi connectivity index (χ2n) is 5.71. The lowest BCUT2D eigenvalue weighted by atomic mass is 10.1. The Morgan fingerprint density at radius 3 is 2.40 bits per heavy atom. The Hall–Kier alpha value is -2.92. The number of rotatable bonds is 3. The largest absolute Gasteiger partial charge is 0.457 e. The van der Waals surface area contributed by atoms with Crippen molar-refractivity contribution in [3.05, 3.63) is 83.9 Å². The molecule has 3 N–H and O–H groups in total. The molecule has 4 rings (SSSR count). The van der Waals surface area contributed by atoms with Gasteiger partial charge in [0.05, 0.1) is 5.56 Å². The topological polar surface area (TPSA) is 64.4 Å². The lowest BCUT2D eigenvalue weighted by molar-refractivity contribution is 0.0943. The van der Waals surface area contributed by atoms with Crippen LogP contribution < -0.4 is 15.8 Å². The molecule has 0 bridgehead atoms. The number of fused-ring (bicyclic) bond motifs is 1. The molecule has 0 saturated carbocycles. The zero-order valence-electron chi connectivity index (χ0n) is 13.3. The average molecular weight is 348 g/mol. The number of hydrogen-bond acceptors (Lipinski definition) is 4. The van der Waals surface area contributed by atoms with E-state index in [1.807, 2.05) is 66.7 Å². The summed E-state index contributed by atoms with van der Waals surface area (Å²) in [5.74, 6) is 1.45. The summed E-state index contributed by atoms with van der Waals surface area (Å²) in [4.78, 5) is 13.3. The molecule has 0 aromatic heterocycles. The highest BCUT2D eigenvalue weighted by Crippen LogP contribution is 2.40. The number of nitrogens with two attached hydrogens (primary N) is 1. The molecular weight excluding hydrogens is 332 g/mol. The van der Waals surface area contributed by atoms with E-state index in [4.69, 9.17) is 10.5 Å². The van der Waals surface area contributed by atoms with Gasteiger partial charge in [-0.2, -0.15) is 0 Å². The Labute approximate surface area is 150 Å². The molecule has 1 aliphatic rings. The fourth-order valence-electron chi connectivity index (χ4n) is 2.67. The van der Waals surface area contributed by atoms with Gasteiger partial charge in [0.2, 0.25) is 0 Å². The summed E-state index contributed by atoms with van der Waals surface area (Å²) >= 11 is 1.60. The maximum atomic E-state index is 12.3. The van der Waals surface area contributed by atoms with Crippen molar-refractivity contribution in [3.8, 4) is 11.5 Å². The van der Waals surface area contributed by atoms with Crippen LogP contribution in [0.15, 0.2) is 77.7 Å². The fraction of sp³-hybridized carbons (Fsp3) is 0.0500. The number of para-hydroxylation sites is 1. The van der Waals surface area contributed by atoms with Gasteiger partial charge in [0, 0.05) is 10.6 Å². The third kappa shape index (κ3) is 3.32. The molecule has 1 amide bonds. The van der Waals surface area contributed by atoms with Crippen LogP contribution >= 0.6 is 11.8 Å². The Morgan fingerprint density at radius 1 is 0.920 bits per heavy atom. The molecule has 0 fully saturated rings.